The Morgan fingerprint density at radius 1 is 0.303 bits per heavy atom. The molecule has 0 aliphatic rings. The Balaban J connectivity index is 1.32. The zero-order valence-electron chi connectivity index (χ0n) is 75.0. The Morgan fingerprint density at radius 3 is 0.811 bits per heavy atom. The van der Waals surface area contributed by atoms with Crippen LogP contribution < -0.4 is 136 Å². The molecule has 0 radical (unpaired) electrons. The summed E-state index contributed by atoms with van der Waals surface area (Å²) in [5.41, 5.74) is 49.5. The molecule has 0 unspecified atom stereocenters. The number of nitrogens with one attached hydrogen (secondary N) is 26. The molecule has 3 aromatic carbocycles. The summed E-state index contributed by atoms with van der Waals surface area (Å²) in [5.74, 6) is -14.0. The first-order chi connectivity index (χ1) is 62.7. The number of H-pyrrole nitrogens is 3. The quantitative estimate of drug-likeness (QED) is 0.00970. The number of hydrogen-bond donors (Lipinski definition) is 35. The maximum absolute atomic E-state index is 15.5. The Morgan fingerprint density at radius 2 is 0.530 bits per heavy atom. The second-order valence-corrected chi connectivity index (χ2v) is 33.2. The molecule has 12 amide bonds. The molecule has 722 valence electrons. The highest BCUT2D eigenvalue weighted by Crippen LogP contribution is 2.24. The summed E-state index contributed by atoms with van der Waals surface area (Å²) in [6, 6.07) is 3.53. The molecule has 0 saturated heterocycles. The number of fused-ring (bicyclic) bond motifs is 3. The number of benzene rings is 3. The molecule has 13 atom stereocenters. The minimum absolute atomic E-state index is 0.0114. The lowest BCUT2D eigenvalue weighted by Gasteiger charge is -2.29. The van der Waals surface area contributed by atoms with Crippen molar-refractivity contribution in [3.63, 3.8) is 0 Å². The number of amides is 12. The first-order valence-corrected chi connectivity index (χ1v) is 43.9. The molecular weight excluding hydrogens is 1710 g/mol. The summed E-state index contributed by atoms with van der Waals surface area (Å²) >= 11 is 0. The smallest absolute Gasteiger partial charge is 0.245 e. The van der Waals surface area contributed by atoms with Gasteiger partial charge in [0.05, 0.1) is 12.1 Å². The van der Waals surface area contributed by atoms with Crippen LogP contribution in [0.2, 0.25) is 0 Å². The molecule has 132 heavy (non-hydrogen) atoms. The van der Waals surface area contributed by atoms with Gasteiger partial charge >= 0.3 is 0 Å². The Kier molecular flexibility index (Phi) is 43.5. The number of aromatic amines is 3. The highest BCUT2D eigenvalue weighted by atomic mass is 16.3. The predicted octanol–water partition coefficient (Wildman–Crippen LogP) is -4.64. The van der Waals surface area contributed by atoms with Crippen molar-refractivity contribution in [3.05, 3.63) is 108 Å². The van der Waals surface area contributed by atoms with Crippen molar-refractivity contribution in [2.45, 2.75) is 222 Å². The molecular formula is C85H134N34O13. The zero-order valence-corrected chi connectivity index (χ0v) is 75.0. The van der Waals surface area contributed by atoms with Crippen molar-refractivity contribution in [1.82, 2.24) is 105 Å². The van der Waals surface area contributed by atoms with Gasteiger partial charge < -0.3 is 156 Å². The fourth-order valence-corrected chi connectivity index (χ4v) is 14.7. The highest BCUT2D eigenvalue weighted by Gasteiger charge is 2.39. The third kappa shape index (κ3) is 36.5. The number of primary amides is 1. The molecule has 6 rings (SSSR count). The van der Waals surface area contributed by atoms with Gasteiger partial charge in [-0.05, 0) is 150 Å². The lowest BCUT2D eigenvalue weighted by atomic mass is 10.00. The van der Waals surface area contributed by atoms with Gasteiger partial charge in [0.1, 0.15) is 66.5 Å². The number of aliphatic hydroxyl groups excluding tert-OH is 1. The van der Waals surface area contributed by atoms with E-state index in [9.17, 15) is 33.9 Å². The number of aliphatic hydroxyl groups is 1. The topological polar surface area (TPSA) is 828 Å². The van der Waals surface area contributed by atoms with E-state index < -0.39 is 173 Å². The average Bonchev–Trinajstić information content (AvgIpc) is 1.58. The van der Waals surface area contributed by atoms with Crippen molar-refractivity contribution >= 4 is 139 Å². The van der Waals surface area contributed by atoms with Crippen molar-refractivity contribution in [2.75, 3.05) is 39.3 Å². The van der Waals surface area contributed by atoms with E-state index in [-0.39, 0.29) is 172 Å². The van der Waals surface area contributed by atoms with Crippen LogP contribution in [-0.2, 0) is 76.8 Å². The molecule has 0 aliphatic carbocycles. The van der Waals surface area contributed by atoms with Crippen LogP contribution in [0.3, 0.4) is 0 Å². The fourth-order valence-electron chi connectivity index (χ4n) is 14.7. The normalized spacial score (nSPS) is 14.2. The van der Waals surface area contributed by atoms with E-state index in [4.69, 9.17) is 78.3 Å². The molecule has 0 bridgehead atoms. The zero-order chi connectivity index (χ0) is 97.3. The van der Waals surface area contributed by atoms with E-state index in [0.29, 0.717) is 32.9 Å². The molecule has 0 fully saturated rings. The minimum Gasteiger partial charge on any atom is -0.391 e. The second kappa shape index (κ2) is 54.1. The third-order valence-corrected chi connectivity index (χ3v) is 21.4. The van der Waals surface area contributed by atoms with E-state index in [2.05, 4.69) is 105 Å². The van der Waals surface area contributed by atoms with Crippen molar-refractivity contribution < 1.29 is 62.6 Å². The summed E-state index contributed by atoms with van der Waals surface area (Å²) in [4.78, 5) is 186. The molecule has 0 saturated carbocycles. The lowest BCUT2D eigenvalue weighted by molar-refractivity contribution is -0.137. The van der Waals surface area contributed by atoms with Gasteiger partial charge in [-0.3, -0.25) is 90.0 Å². The fraction of sp³-hybridized carbons (Fsp3) is 0.506. The molecule has 3 heterocycles. The highest BCUT2D eigenvalue weighted by molar-refractivity contribution is 6.01. The molecule has 0 aliphatic heterocycles. The predicted molar refractivity (Wildman–Crippen MR) is 500 cm³/mol. The number of rotatable bonds is 58. The van der Waals surface area contributed by atoms with Gasteiger partial charge in [-0.2, -0.15) is 0 Å². The van der Waals surface area contributed by atoms with Gasteiger partial charge in [-0.1, -0.05) is 82.3 Å². The number of aromatic nitrogens is 3. The summed E-state index contributed by atoms with van der Waals surface area (Å²) in [6.07, 6.45) is 2.30. The number of guanidine groups is 6. The average molecular weight is 1840 g/mol. The molecule has 6 aromatic rings. The Labute approximate surface area is 763 Å². The van der Waals surface area contributed by atoms with Crippen LogP contribution in [0.1, 0.15) is 141 Å². The number of hydrogen-bond acceptors (Lipinski definition) is 20. The van der Waals surface area contributed by atoms with Crippen molar-refractivity contribution in [1.29, 1.82) is 32.5 Å². The standard InChI is InChI=1S/C85H134N34O13/c1-44(2)36-63(75(128)109-57(68(87)121)24-12-30-100-80(88)89)115-71(124)59(26-14-32-102-82(92)93)112-77(130)65(39-48-42-107-55-22-10-7-19-51(48)55)118-73(126)61(28-16-34-104-84(96)97)114-79(132)67(46(5)120)119-74(127)62(29-17-35-105-85(98)99)113-78(131)66(40-49-43-108-56-23-11-8-20-52(49)56)117-72(125)60(27-15-33-103-83(94)95)111-76(129)64(37-45(3)4)116-70(123)58(25-13-31-101-81(90)91)110-69(122)53(86)38-47-41-106-54-21-9-6-18-50(47)54/h6-11,18-23,41-46,53,57-67,106-108,120H,12-17,24-40,86H2,1-5H3,(H2,87,121)(H,109,128)(H,110,122)(H,111,129)(H,112,130)(H,113,131)(H,114,132)(H,115,124)(H,116,123)(H,117,125)(H,118,126)(H,119,127)(H4,88,89,100)(H4,90,91,101)(H4,92,93,102)(H4,94,95,103)(H4,96,97,104)(H4,98,99,105)/t46-,53+,57+,58+,59+,60+,61+,62+,63+,64+,65+,66+,67+/m1/s1. The van der Waals surface area contributed by atoms with E-state index in [0.717, 1.165) is 23.4 Å². The first kappa shape index (κ1) is 106. The van der Waals surface area contributed by atoms with Crippen LogP contribution in [0.25, 0.3) is 32.7 Å². The van der Waals surface area contributed by atoms with E-state index in [1.807, 2.05) is 24.3 Å². The first-order valence-electron chi connectivity index (χ1n) is 43.9. The van der Waals surface area contributed by atoms with Gasteiger partial charge in [-0.25, -0.2) is 0 Å². The monoisotopic (exact) mass is 1840 g/mol. The minimum atomic E-state index is -1.97. The largest absolute Gasteiger partial charge is 0.391 e. The van der Waals surface area contributed by atoms with Gasteiger partial charge in [-0.15, -0.1) is 0 Å². The van der Waals surface area contributed by atoms with Crippen molar-refractivity contribution in [2.24, 2.45) is 57.7 Å². The molecule has 47 nitrogen and oxygen atoms in total. The summed E-state index contributed by atoms with van der Waals surface area (Å²) < 4.78 is 0. The van der Waals surface area contributed by atoms with Gasteiger partial charge in [0.15, 0.2) is 35.8 Å². The molecule has 47 heteroatoms. The van der Waals surface area contributed by atoms with E-state index >= 15 is 28.8 Å². The molecule has 0 spiro atoms. The number of nitrogens with two attached hydrogens (primary N) is 8. The van der Waals surface area contributed by atoms with E-state index in [1.165, 1.54) is 0 Å². The van der Waals surface area contributed by atoms with Gasteiger partial charge in [0.2, 0.25) is 70.9 Å². The lowest BCUT2D eigenvalue weighted by Crippen LogP contribution is -2.62. The van der Waals surface area contributed by atoms with Crippen LogP contribution in [0, 0.1) is 44.3 Å². The maximum atomic E-state index is 15.5. The van der Waals surface area contributed by atoms with Crippen molar-refractivity contribution in [3.8, 4) is 0 Å². The maximum Gasteiger partial charge on any atom is 0.245 e. The van der Waals surface area contributed by atoms with E-state index in [1.54, 1.807) is 94.8 Å². The van der Waals surface area contributed by atoms with Crippen LogP contribution in [-0.4, -0.2) is 245 Å². The summed E-state index contributed by atoms with van der Waals surface area (Å²) in [6.45, 7) is 8.50. The van der Waals surface area contributed by atoms with Gasteiger partial charge in [0, 0.05) is 103 Å². The van der Waals surface area contributed by atoms with Crippen LogP contribution in [0.5, 0.6) is 0 Å². The number of carbonyl (C=O) groups excluding carboxylic acids is 12. The van der Waals surface area contributed by atoms with Crippen LogP contribution >= 0.6 is 0 Å². The SMILES string of the molecule is CC(C)C[C@H](NC(=O)[C@H](CCCNC(=N)N)NC(=O)[C@H](Cc1c[nH]c2ccccc12)NC(=O)[C@H](CCCNC(=N)N)NC(=O)[C@@H](NC(=O)[C@H](CCCNC(=N)N)NC(=O)[C@H](Cc1c[nH]c2ccccc12)NC(=O)[C@H](CCCNC(=N)N)NC(=O)[C@H](CC(C)C)NC(=O)[C@H](CCCNC(=N)N)NC(=O)[C@@H](N)Cc1c[nH]c2ccccc12)[C@@H](C)O)C(=O)N[C@@H](CCCNC(=N)N)C(N)=O. The number of para-hydroxylation sites is 3. The van der Waals surface area contributed by atoms with Crippen LogP contribution in [0.4, 0.5) is 0 Å². The summed E-state index contributed by atoms with van der Waals surface area (Å²) in [5, 5.41) is 106. The number of carbonyl (C=O) groups is 12. The third-order valence-electron chi connectivity index (χ3n) is 21.4. The Bertz CT molecular complexity index is 4950. The summed E-state index contributed by atoms with van der Waals surface area (Å²) in [7, 11) is 0. The van der Waals surface area contributed by atoms with Gasteiger partial charge in [0.25, 0.3) is 0 Å². The van der Waals surface area contributed by atoms with Crippen LogP contribution in [0.15, 0.2) is 91.4 Å². The Hall–Kier alpha value is -14.5. The molecule has 43 N–H and O–H groups in total. The molecule has 3 aromatic heterocycles. The second-order valence-electron chi connectivity index (χ2n) is 33.2.